The molecule has 0 aromatic heterocycles. The van der Waals surface area contributed by atoms with E-state index in [9.17, 15) is 9.90 Å². The van der Waals surface area contributed by atoms with Crippen molar-refractivity contribution in [3.05, 3.63) is 35.6 Å². The largest absolute Gasteiger partial charge is 0.485 e. The Morgan fingerprint density at radius 3 is 2.43 bits per heavy atom. The molecule has 0 unspecified atom stereocenters. The van der Waals surface area contributed by atoms with Gasteiger partial charge in [0.15, 0.2) is 5.76 Å². The smallest absolute Gasteiger partial charge is 0.328 e. The Kier molecular flexibility index (Phi) is 7.51. The van der Waals surface area contributed by atoms with E-state index in [1.54, 1.807) is 0 Å². The molecule has 28 heavy (non-hydrogen) atoms. The van der Waals surface area contributed by atoms with E-state index in [0.717, 1.165) is 28.1 Å². The summed E-state index contributed by atoms with van der Waals surface area (Å²) in [6, 6.07) is 6.77. The van der Waals surface area contributed by atoms with E-state index in [1.165, 1.54) is 14.0 Å². The van der Waals surface area contributed by atoms with Gasteiger partial charge in [-0.3, -0.25) is 0 Å². The Balaban J connectivity index is 2.55. The number of nitrogens with zero attached hydrogens (tertiary/aromatic N) is 1. The molecule has 0 saturated heterocycles. The number of carboxylic acid groups (broad SMARTS) is 1. The summed E-state index contributed by atoms with van der Waals surface area (Å²) in [7, 11) is 1.45. The van der Waals surface area contributed by atoms with Crippen molar-refractivity contribution in [2.45, 2.75) is 63.7 Å². The van der Waals surface area contributed by atoms with Gasteiger partial charge in [-0.15, -0.1) is 0 Å². The summed E-state index contributed by atoms with van der Waals surface area (Å²) in [4.78, 5) is 21.0. The molecule has 1 heterocycles. The second-order valence-electron chi connectivity index (χ2n) is 6.85. The number of carboxylic acids is 1. The number of rotatable bonds is 9. The van der Waals surface area contributed by atoms with Crippen molar-refractivity contribution in [1.29, 1.82) is 0 Å². The van der Waals surface area contributed by atoms with Gasteiger partial charge in [-0.25, -0.2) is 14.7 Å². The SMILES string of the molecule is CC[C@]1(C)OC(=N[C@@H](C)C(=O)O)C(OC(C)C)=C1c1ccc(SOOC)cc1. The standard InChI is InChI=1S/C20H27NO6S/c1-7-20(5)16(14-8-10-15(11-9-14)28-27-24-6)17(25-12(2)3)18(26-20)21-13(4)19(22)23/h8-13H,7H2,1-6H3,(H,22,23)/t13-,20-/m0/s1. The molecule has 8 heteroatoms. The molecule has 1 N–H and O–H groups in total. The Morgan fingerprint density at radius 1 is 1.29 bits per heavy atom. The highest BCUT2D eigenvalue weighted by Gasteiger charge is 2.44. The Hall–Kier alpha value is -2.03. The average Bonchev–Trinajstić information content (AvgIpc) is 2.91. The fourth-order valence-corrected chi connectivity index (χ4v) is 3.15. The minimum absolute atomic E-state index is 0.122. The molecule has 0 fully saturated rings. The second kappa shape index (κ2) is 9.45. The van der Waals surface area contributed by atoms with Gasteiger partial charge in [0.1, 0.15) is 11.6 Å². The van der Waals surface area contributed by atoms with Crippen molar-refractivity contribution >= 4 is 29.5 Å². The lowest BCUT2D eigenvalue weighted by Crippen LogP contribution is -2.27. The quantitative estimate of drug-likeness (QED) is 0.365. The molecular weight excluding hydrogens is 382 g/mol. The molecule has 0 radical (unpaired) electrons. The number of hydrogen-bond donors (Lipinski definition) is 1. The highest BCUT2D eigenvalue weighted by atomic mass is 32.2. The normalized spacial score (nSPS) is 21.9. The lowest BCUT2D eigenvalue weighted by atomic mass is 9.88. The molecule has 2 rings (SSSR count). The first-order valence-corrected chi connectivity index (χ1v) is 9.85. The minimum Gasteiger partial charge on any atom is -0.485 e. The molecule has 0 aliphatic carbocycles. The summed E-state index contributed by atoms with van der Waals surface area (Å²) < 4.78 is 17.1. The fourth-order valence-electron chi connectivity index (χ4n) is 2.75. The summed E-state index contributed by atoms with van der Waals surface area (Å²) in [6.07, 6.45) is 0.542. The van der Waals surface area contributed by atoms with Crippen molar-refractivity contribution in [2.24, 2.45) is 4.99 Å². The molecule has 0 bridgehead atoms. The van der Waals surface area contributed by atoms with Crippen LogP contribution in [-0.2, 0) is 23.5 Å². The lowest BCUT2D eigenvalue weighted by molar-refractivity contribution is -0.160. The van der Waals surface area contributed by atoms with E-state index in [4.69, 9.17) is 13.8 Å². The van der Waals surface area contributed by atoms with Crippen LogP contribution in [0.15, 0.2) is 39.9 Å². The Labute approximate surface area is 169 Å². The van der Waals surface area contributed by atoms with Crippen molar-refractivity contribution < 1.29 is 28.6 Å². The summed E-state index contributed by atoms with van der Waals surface area (Å²) >= 11 is 1.11. The third-order valence-electron chi connectivity index (χ3n) is 4.31. The van der Waals surface area contributed by atoms with E-state index in [0.29, 0.717) is 12.2 Å². The number of carbonyl (C=O) groups is 1. The van der Waals surface area contributed by atoms with Crippen molar-refractivity contribution in [1.82, 2.24) is 0 Å². The van der Waals surface area contributed by atoms with Crippen molar-refractivity contribution in [2.75, 3.05) is 7.11 Å². The molecular formula is C20H27NO6S. The number of hydrogen-bond acceptors (Lipinski definition) is 7. The molecule has 1 aliphatic heterocycles. The van der Waals surface area contributed by atoms with E-state index in [2.05, 4.69) is 9.88 Å². The third-order valence-corrected chi connectivity index (χ3v) is 4.98. The molecule has 0 amide bonds. The predicted molar refractivity (Wildman–Crippen MR) is 108 cm³/mol. The van der Waals surface area contributed by atoms with Crippen LogP contribution in [0.5, 0.6) is 0 Å². The zero-order valence-corrected chi connectivity index (χ0v) is 17.8. The van der Waals surface area contributed by atoms with Gasteiger partial charge in [0.05, 0.1) is 30.8 Å². The van der Waals surface area contributed by atoms with E-state index < -0.39 is 17.6 Å². The van der Waals surface area contributed by atoms with Crippen LogP contribution < -0.4 is 0 Å². The summed E-state index contributed by atoms with van der Waals surface area (Å²) in [6.45, 7) is 9.29. The van der Waals surface area contributed by atoms with Gasteiger partial charge in [-0.1, -0.05) is 19.1 Å². The zero-order chi connectivity index (χ0) is 20.9. The van der Waals surface area contributed by atoms with Crippen molar-refractivity contribution in [3.8, 4) is 0 Å². The fraction of sp³-hybridized carbons (Fsp3) is 0.500. The average molecular weight is 410 g/mol. The van der Waals surface area contributed by atoms with Gasteiger partial charge in [-0.05, 0) is 51.8 Å². The highest BCUT2D eigenvalue weighted by Crippen LogP contribution is 2.43. The van der Waals surface area contributed by atoms with Gasteiger partial charge < -0.3 is 14.6 Å². The molecule has 1 aliphatic rings. The first-order chi connectivity index (χ1) is 13.2. The molecule has 2 atom stereocenters. The van der Waals surface area contributed by atoms with E-state index in [1.807, 2.05) is 52.0 Å². The highest BCUT2D eigenvalue weighted by molar-refractivity contribution is 7.94. The molecule has 1 aromatic rings. The van der Waals surface area contributed by atoms with Crippen molar-refractivity contribution in [3.63, 3.8) is 0 Å². The number of ether oxygens (including phenoxy) is 2. The zero-order valence-electron chi connectivity index (χ0n) is 17.0. The van der Waals surface area contributed by atoms with Gasteiger partial charge in [0, 0.05) is 4.90 Å². The first kappa shape index (κ1) is 22.3. The maximum Gasteiger partial charge on any atom is 0.328 e. The summed E-state index contributed by atoms with van der Waals surface area (Å²) in [5.41, 5.74) is 1.08. The first-order valence-electron chi connectivity index (χ1n) is 9.11. The minimum atomic E-state index is -1.02. The number of aliphatic carboxylic acids is 1. The molecule has 0 spiro atoms. The Bertz CT molecular complexity index is 758. The van der Waals surface area contributed by atoms with Gasteiger partial charge in [0.25, 0.3) is 5.90 Å². The summed E-state index contributed by atoms with van der Waals surface area (Å²) in [5.74, 6) is -0.309. The molecule has 7 nitrogen and oxygen atoms in total. The predicted octanol–water partition coefficient (Wildman–Crippen LogP) is 4.48. The van der Waals surface area contributed by atoms with Gasteiger partial charge in [0.2, 0.25) is 0 Å². The van der Waals surface area contributed by atoms with Crippen LogP contribution in [0.3, 0.4) is 0 Å². The maximum absolute atomic E-state index is 11.3. The summed E-state index contributed by atoms with van der Waals surface area (Å²) in [5, 5.41) is 9.24. The van der Waals surface area contributed by atoms with Crippen LogP contribution in [0.1, 0.15) is 46.6 Å². The number of benzene rings is 1. The monoisotopic (exact) mass is 409 g/mol. The van der Waals surface area contributed by atoms with Crippen LogP contribution >= 0.6 is 12.0 Å². The van der Waals surface area contributed by atoms with Gasteiger partial charge in [-0.2, -0.15) is 4.33 Å². The van der Waals surface area contributed by atoms with Crippen LogP contribution in [0, 0.1) is 0 Å². The van der Waals surface area contributed by atoms with Gasteiger partial charge >= 0.3 is 5.97 Å². The van der Waals surface area contributed by atoms with Crippen LogP contribution in [0.2, 0.25) is 0 Å². The van der Waals surface area contributed by atoms with Crippen LogP contribution in [0.4, 0.5) is 0 Å². The second-order valence-corrected chi connectivity index (χ2v) is 7.62. The Morgan fingerprint density at radius 2 is 1.93 bits per heavy atom. The third kappa shape index (κ3) is 5.06. The van der Waals surface area contributed by atoms with E-state index in [-0.39, 0.29) is 12.0 Å². The topological polar surface area (TPSA) is 86.6 Å². The molecule has 1 aromatic carbocycles. The van der Waals surface area contributed by atoms with E-state index >= 15 is 0 Å². The molecule has 0 saturated carbocycles. The maximum atomic E-state index is 11.3. The number of aliphatic imine (C=N–C) groups is 1. The van der Waals surface area contributed by atoms with Crippen LogP contribution in [0.25, 0.3) is 5.57 Å². The lowest BCUT2D eigenvalue weighted by Gasteiger charge is -2.25. The van der Waals surface area contributed by atoms with Crippen LogP contribution in [-0.4, -0.2) is 41.8 Å². The molecule has 154 valence electrons.